The van der Waals surface area contributed by atoms with Gasteiger partial charge in [-0.2, -0.15) is 0 Å². The van der Waals surface area contributed by atoms with E-state index in [1.807, 2.05) is 13.8 Å². The van der Waals surface area contributed by atoms with Gasteiger partial charge in [0.25, 0.3) is 0 Å². The molecule has 0 amide bonds. The predicted molar refractivity (Wildman–Crippen MR) is 44.5 cm³/mol. The normalized spacial score (nSPS) is 20.1. The van der Waals surface area contributed by atoms with E-state index in [-0.39, 0.29) is 18.1 Å². The summed E-state index contributed by atoms with van der Waals surface area (Å²) in [6, 6.07) is 0.544. The van der Waals surface area contributed by atoms with Crippen LogP contribution in [0.4, 0.5) is 0 Å². The first kappa shape index (κ1) is 9.88. The van der Waals surface area contributed by atoms with Gasteiger partial charge in [0.15, 0.2) is 0 Å². The van der Waals surface area contributed by atoms with Crippen molar-refractivity contribution < 1.29 is 0 Å². The Labute approximate surface area is 62.9 Å². The van der Waals surface area contributed by atoms with Crippen LogP contribution in [0.15, 0.2) is 0 Å². The predicted octanol–water partition coefficient (Wildman–Crippen LogP) is -0.212. The number of hydrogen-bond donors (Lipinski definition) is 3. The summed E-state index contributed by atoms with van der Waals surface area (Å²) in [5, 5.41) is 0. The first-order chi connectivity index (χ1) is 4.52. The van der Waals surface area contributed by atoms with Crippen LogP contribution in [0.25, 0.3) is 0 Å². The van der Waals surface area contributed by atoms with Crippen molar-refractivity contribution in [2.45, 2.75) is 44.8 Å². The lowest BCUT2D eigenvalue weighted by Crippen LogP contribution is -2.34. The van der Waals surface area contributed by atoms with E-state index in [1.165, 1.54) is 0 Å². The minimum absolute atomic E-state index is 0.167. The summed E-state index contributed by atoms with van der Waals surface area (Å²) in [5.74, 6) is 0. The fraction of sp³-hybridized carbons (Fsp3) is 1.00. The molecule has 0 aliphatic carbocycles. The van der Waals surface area contributed by atoms with Gasteiger partial charge in [-0.05, 0) is 26.7 Å². The lowest BCUT2D eigenvalue weighted by Gasteiger charge is -2.15. The molecule has 6 N–H and O–H groups in total. The van der Waals surface area contributed by atoms with Gasteiger partial charge in [0.2, 0.25) is 0 Å². The Bertz CT molecular complexity index is 70.9. The minimum atomic E-state index is 0.167. The van der Waals surface area contributed by atoms with Gasteiger partial charge in [-0.15, -0.1) is 0 Å². The molecule has 3 heteroatoms. The van der Waals surface area contributed by atoms with Crippen molar-refractivity contribution in [2.24, 2.45) is 17.2 Å². The Balaban J connectivity index is 3.34. The maximum absolute atomic E-state index is 5.72. The molecular weight excluding hydrogens is 126 g/mol. The monoisotopic (exact) mass is 145 g/mol. The molecule has 10 heavy (non-hydrogen) atoms. The van der Waals surface area contributed by atoms with Crippen molar-refractivity contribution in [3.8, 4) is 0 Å². The Morgan fingerprint density at radius 2 is 1.20 bits per heavy atom. The van der Waals surface area contributed by atoms with Gasteiger partial charge in [0, 0.05) is 18.1 Å². The highest BCUT2D eigenvalue weighted by molar-refractivity contribution is 4.70. The van der Waals surface area contributed by atoms with Gasteiger partial charge in [-0.1, -0.05) is 0 Å². The summed E-state index contributed by atoms with van der Waals surface area (Å²) in [4.78, 5) is 0. The minimum Gasteiger partial charge on any atom is -0.328 e. The van der Waals surface area contributed by atoms with Crippen LogP contribution in [-0.2, 0) is 0 Å². The second-order valence-corrected chi connectivity index (χ2v) is 3.19. The standard InChI is InChI=1S/C7H19N3/c1-5(8)3-7(10)4-6(2)9/h5-7H,3-4,8-10H2,1-2H3. The van der Waals surface area contributed by atoms with Crippen molar-refractivity contribution in [2.75, 3.05) is 0 Å². The average Bonchev–Trinajstić information content (AvgIpc) is 1.58. The van der Waals surface area contributed by atoms with Crippen LogP contribution >= 0.6 is 0 Å². The molecule has 0 aliphatic rings. The van der Waals surface area contributed by atoms with E-state index in [1.54, 1.807) is 0 Å². The zero-order chi connectivity index (χ0) is 8.15. The Hall–Kier alpha value is -0.120. The van der Waals surface area contributed by atoms with Crippen LogP contribution in [0.5, 0.6) is 0 Å². The lowest BCUT2D eigenvalue weighted by atomic mass is 10.0. The van der Waals surface area contributed by atoms with E-state index in [0.29, 0.717) is 0 Å². The van der Waals surface area contributed by atoms with E-state index < -0.39 is 0 Å². The summed E-state index contributed by atoms with van der Waals surface area (Å²) in [6.07, 6.45) is 1.73. The third-order valence-electron chi connectivity index (χ3n) is 1.35. The van der Waals surface area contributed by atoms with E-state index in [4.69, 9.17) is 17.2 Å². The number of rotatable bonds is 4. The fourth-order valence-corrected chi connectivity index (χ4v) is 1.05. The third kappa shape index (κ3) is 6.01. The maximum Gasteiger partial charge on any atom is 0.00680 e. The maximum atomic E-state index is 5.72. The Morgan fingerprint density at radius 3 is 1.40 bits per heavy atom. The molecule has 0 rings (SSSR count). The van der Waals surface area contributed by atoms with Crippen molar-refractivity contribution in [1.29, 1.82) is 0 Å². The third-order valence-corrected chi connectivity index (χ3v) is 1.35. The molecule has 0 aromatic heterocycles. The van der Waals surface area contributed by atoms with Gasteiger partial charge in [0.05, 0.1) is 0 Å². The van der Waals surface area contributed by atoms with Crippen molar-refractivity contribution in [3.63, 3.8) is 0 Å². The first-order valence-electron chi connectivity index (χ1n) is 3.79. The number of nitrogens with two attached hydrogens (primary N) is 3. The van der Waals surface area contributed by atoms with E-state index in [9.17, 15) is 0 Å². The number of hydrogen-bond acceptors (Lipinski definition) is 3. The summed E-state index contributed by atoms with van der Waals surface area (Å²) in [7, 11) is 0. The van der Waals surface area contributed by atoms with Crippen LogP contribution in [0.1, 0.15) is 26.7 Å². The highest BCUT2D eigenvalue weighted by Gasteiger charge is 2.07. The summed E-state index contributed by atoms with van der Waals surface area (Å²) in [6.45, 7) is 3.92. The second kappa shape index (κ2) is 4.66. The topological polar surface area (TPSA) is 78.1 Å². The molecule has 0 saturated heterocycles. The zero-order valence-electron chi connectivity index (χ0n) is 6.88. The van der Waals surface area contributed by atoms with E-state index in [0.717, 1.165) is 12.8 Å². The van der Waals surface area contributed by atoms with Crippen LogP contribution < -0.4 is 17.2 Å². The fourth-order valence-electron chi connectivity index (χ4n) is 1.05. The molecule has 0 aliphatic heterocycles. The van der Waals surface area contributed by atoms with E-state index >= 15 is 0 Å². The van der Waals surface area contributed by atoms with Gasteiger partial charge < -0.3 is 17.2 Å². The molecule has 62 valence electrons. The molecule has 0 heterocycles. The van der Waals surface area contributed by atoms with Gasteiger partial charge in [0.1, 0.15) is 0 Å². The molecule has 2 unspecified atom stereocenters. The van der Waals surface area contributed by atoms with Crippen LogP contribution in [0.2, 0.25) is 0 Å². The molecule has 0 fully saturated rings. The quantitative estimate of drug-likeness (QED) is 0.512. The highest BCUT2D eigenvalue weighted by Crippen LogP contribution is 1.99. The largest absolute Gasteiger partial charge is 0.328 e. The van der Waals surface area contributed by atoms with Gasteiger partial charge in [-0.3, -0.25) is 0 Å². The Kier molecular flexibility index (Phi) is 4.60. The molecule has 0 radical (unpaired) electrons. The summed E-state index contributed by atoms with van der Waals surface area (Å²) >= 11 is 0. The van der Waals surface area contributed by atoms with E-state index in [2.05, 4.69) is 0 Å². The van der Waals surface area contributed by atoms with Crippen molar-refractivity contribution in [1.82, 2.24) is 0 Å². The molecule has 0 aromatic carbocycles. The first-order valence-corrected chi connectivity index (χ1v) is 3.79. The zero-order valence-corrected chi connectivity index (χ0v) is 6.88. The molecule has 0 saturated carbocycles. The lowest BCUT2D eigenvalue weighted by molar-refractivity contribution is 0.482. The second-order valence-electron chi connectivity index (χ2n) is 3.19. The van der Waals surface area contributed by atoms with Crippen molar-refractivity contribution in [3.05, 3.63) is 0 Å². The van der Waals surface area contributed by atoms with Crippen molar-refractivity contribution >= 4 is 0 Å². The van der Waals surface area contributed by atoms with Crippen LogP contribution in [0.3, 0.4) is 0 Å². The molecule has 0 spiro atoms. The smallest absolute Gasteiger partial charge is 0.00680 e. The van der Waals surface area contributed by atoms with Crippen LogP contribution in [0, 0.1) is 0 Å². The highest BCUT2D eigenvalue weighted by atomic mass is 14.7. The Morgan fingerprint density at radius 1 is 0.900 bits per heavy atom. The van der Waals surface area contributed by atoms with Gasteiger partial charge >= 0.3 is 0 Å². The van der Waals surface area contributed by atoms with Gasteiger partial charge in [-0.25, -0.2) is 0 Å². The molecule has 0 bridgehead atoms. The van der Waals surface area contributed by atoms with Crippen LogP contribution in [-0.4, -0.2) is 18.1 Å². The summed E-state index contributed by atoms with van der Waals surface area (Å²) < 4.78 is 0. The molecular formula is C7H19N3. The SMILES string of the molecule is CC(N)CC(N)CC(C)N. The molecule has 0 aromatic rings. The average molecular weight is 145 g/mol. The summed E-state index contributed by atoms with van der Waals surface area (Å²) in [5.41, 5.74) is 16.8. The molecule has 3 nitrogen and oxygen atoms in total. The molecule has 2 atom stereocenters.